The zero-order valence-corrected chi connectivity index (χ0v) is 18.0. The average Bonchev–Trinajstić information content (AvgIpc) is 3.11. The molecule has 3 nitrogen and oxygen atoms in total. The molecule has 1 aliphatic rings. The lowest BCUT2D eigenvalue weighted by molar-refractivity contribution is -0.132. The summed E-state index contributed by atoms with van der Waals surface area (Å²) in [5.74, 6) is 0.957. The monoisotopic (exact) mass is 408 g/mol. The van der Waals surface area contributed by atoms with E-state index >= 15 is 0 Å². The van der Waals surface area contributed by atoms with Crippen molar-refractivity contribution in [2.75, 3.05) is 13.1 Å². The van der Waals surface area contributed by atoms with Crippen LogP contribution in [0.4, 0.5) is 0 Å². The van der Waals surface area contributed by atoms with Gasteiger partial charge in [-0.1, -0.05) is 48.9 Å². The number of fused-ring (bicyclic) bond motifs is 1. The molecular weight excluding hydrogens is 380 g/mol. The number of piperidine rings is 1. The van der Waals surface area contributed by atoms with Crippen molar-refractivity contribution < 1.29 is 4.79 Å². The molecule has 1 aliphatic heterocycles. The first-order valence-corrected chi connectivity index (χ1v) is 11.1. The van der Waals surface area contributed by atoms with E-state index in [0.29, 0.717) is 17.4 Å². The van der Waals surface area contributed by atoms with Crippen molar-refractivity contribution in [2.24, 2.45) is 5.92 Å². The Hall–Kier alpha value is -2.26. The van der Waals surface area contributed by atoms with Gasteiger partial charge >= 0.3 is 0 Å². The number of amides is 1. The third-order valence-electron chi connectivity index (χ3n) is 6.30. The molecule has 1 aromatic heterocycles. The maximum absolute atomic E-state index is 13.2. The maximum atomic E-state index is 13.2. The molecule has 3 aromatic rings. The number of nitrogens with zero attached hydrogens (tertiary/aromatic N) is 2. The molecule has 0 unspecified atom stereocenters. The zero-order chi connectivity index (χ0) is 20.4. The molecule has 1 atom stereocenters. The van der Waals surface area contributed by atoms with E-state index in [2.05, 4.69) is 59.8 Å². The lowest BCUT2D eigenvalue weighted by atomic mass is 9.87. The predicted molar refractivity (Wildman–Crippen MR) is 121 cm³/mol. The number of carbonyl (C=O) groups is 1. The standard InChI is InChI=1S/C25H29ClN2O/c1-3-27-17-23(21-9-4-5-10-24(21)27)22(19-7-6-8-20(26)15-19)16-25(29)28-13-11-18(2)12-14-28/h4-10,15,17-18,22H,3,11-14,16H2,1-2H3/t22-/m0/s1. The van der Waals surface area contributed by atoms with Crippen LogP contribution in [-0.4, -0.2) is 28.5 Å². The second-order valence-electron chi connectivity index (χ2n) is 8.26. The number of halogens is 1. The van der Waals surface area contributed by atoms with Crippen LogP contribution >= 0.6 is 11.6 Å². The minimum Gasteiger partial charge on any atom is -0.347 e. The zero-order valence-electron chi connectivity index (χ0n) is 17.3. The minimum atomic E-state index is -0.00162. The summed E-state index contributed by atoms with van der Waals surface area (Å²) < 4.78 is 2.27. The van der Waals surface area contributed by atoms with Crippen LogP contribution in [0.2, 0.25) is 5.02 Å². The second-order valence-corrected chi connectivity index (χ2v) is 8.70. The highest BCUT2D eigenvalue weighted by atomic mass is 35.5. The molecule has 0 saturated carbocycles. The Kier molecular flexibility index (Phi) is 5.96. The Morgan fingerprint density at radius 3 is 2.62 bits per heavy atom. The lowest BCUT2D eigenvalue weighted by Crippen LogP contribution is -2.38. The summed E-state index contributed by atoms with van der Waals surface area (Å²) in [5, 5.41) is 1.94. The fourth-order valence-corrected chi connectivity index (χ4v) is 4.71. The Balaban J connectivity index is 1.73. The topological polar surface area (TPSA) is 25.2 Å². The van der Waals surface area contributed by atoms with E-state index in [-0.39, 0.29) is 11.8 Å². The molecule has 4 heteroatoms. The summed E-state index contributed by atoms with van der Waals surface area (Å²) >= 11 is 6.33. The first-order chi connectivity index (χ1) is 14.1. The summed E-state index contributed by atoms with van der Waals surface area (Å²) in [6.07, 6.45) is 4.90. The molecule has 0 aliphatic carbocycles. The van der Waals surface area contributed by atoms with Crippen molar-refractivity contribution in [3.8, 4) is 0 Å². The first kappa shape index (κ1) is 20.0. The van der Waals surface area contributed by atoms with Gasteiger partial charge in [0.1, 0.15) is 0 Å². The fourth-order valence-electron chi connectivity index (χ4n) is 4.51. The van der Waals surface area contributed by atoms with Crippen LogP contribution in [0.15, 0.2) is 54.7 Å². The van der Waals surface area contributed by atoms with E-state index in [1.165, 1.54) is 16.5 Å². The van der Waals surface area contributed by atoms with Gasteiger partial charge in [0.2, 0.25) is 5.91 Å². The smallest absolute Gasteiger partial charge is 0.223 e. The highest BCUT2D eigenvalue weighted by molar-refractivity contribution is 6.30. The van der Waals surface area contributed by atoms with Crippen molar-refractivity contribution in [2.45, 2.75) is 45.6 Å². The average molecular weight is 409 g/mol. The van der Waals surface area contributed by atoms with E-state index in [1.54, 1.807) is 0 Å². The summed E-state index contributed by atoms with van der Waals surface area (Å²) in [4.78, 5) is 15.3. The van der Waals surface area contributed by atoms with Gasteiger partial charge < -0.3 is 9.47 Å². The van der Waals surface area contributed by atoms with Crippen LogP contribution in [0.1, 0.15) is 50.2 Å². The van der Waals surface area contributed by atoms with Gasteiger partial charge in [0, 0.05) is 54.1 Å². The largest absolute Gasteiger partial charge is 0.347 e. The lowest BCUT2D eigenvalue weighted by Gasteiger charge is -2.31. The Labute approximate surface area is 178 Å². The molecule has 2 aromatic carbocycles. The van der Waals surface area contributed by atoms with Gasteiger partial charge in [0.25, 0.3) is 0 Å². The first-order valence-electron chi connectivity index (χ1n) is 10.7. The van der Waals surface area contributed by atoms with E-state index in [1.807, 2.05) is 18.2 Å². The van der Waals surface area contributed by atoms with E-state index < -0.39 is 0 Å². The van der Waals surface area contributed by atoms with Crippen LogP contribution in [0.5, 0.6) is 0 Å². The van der Waals surface area contributed by atoms with E-state index in [0.717, 1.165) is 38.0 Å². The number of aromatic nitrogens is 1. The number of hydrogen-bond acceptors (Lipinski definition) is 1. The molecule has 1 fully saturated rings. The molecule has 0 bridgehead atoms. The maximum Gasteiger partial charge on any atom is 0.223 e. The number of carbonyl (C=O) groups excluding carboxylic acids is 1. The van der Waals surface area contributed by atoms with Crippen molar-refractivity contribution in [3.05, 3.63) is 70.9 Å². The number of aryl methyl sites for hydroxylation is 1. The molecule has 152 valence electrons. The van der Waals surface area contributed by atoms with E-state index in [4.69, 9.17) is 11.6 Å². The highest BCUT2D eigenvalue weighted by Crippen LogP contribution is 2.36. The molecule has 29 heavy (non-hydrogen) atoms. The van der Waals surface area contributed by atoms with Crippen molar-refractivity contribution in [1.82, 2.24) is 9.47 Å². The van der Waals surface area contributed by atoms with Gasteiger partial charge in [-0.15, -0.1) is 0 Å². The number of benzene rings is 2. The molecule has 4 rings (SSSR count). The van der Waals surface area contributed by atoms with Crippen LogP contribution in [-0.2, 0) is 11.3 Å². The van der Waals surface area contributed by atoms with Crippen LogP contribution in [0.3, 0.4) is 0 Å². The van der Waals surface area contributed by atoms with Crippen LogP contribution in [0.25, 0.3) is 10.9 Å². The molecule has 1 saturated heterocycles. The summed E-state index contributed by atoms with van der Waals surface area (Å²) in [6.45, 7) is 7.08. The molecule has 0 radical (unpaired) electrons. The predicted octanol–water partition coefficient (Wildman–Crippen LogP) is 6.10. The van der Waals surface area contributed by atoms with Crippen LogP contribution < -0.4 is 0 Å². The molecule has 0 spiro atoms. The second kappa shape index (κ2) is 8.62. The summed E-state index contributed by atoms with van der Waals surface area (Å²) in [5.41, 5.74) is 3.54. The quantitative estimate of drug-likeness (QED) is 0.501. The van der Waals surface area contributed by atoms with Gasteiger partial charge in [-0.3, -0.25) is 4.79 Å². The van der Waals surface area contributed by atoms with Gasteiger partial charge in [-0.05, 0) is 55.0 Å². The summed E-state index contributed by atoms with van der Waals surface area (Å²) in [7, 11) is 0. The van der Waals surface area contributed by atoms with Gasteiger partial charge in [-0.25, -0.2) is 0 Å². The molecule has 2 heterocycles. The normalized spacial score (nSPS) is 16.3. The van der Waals surface area contributed by atoms with Crippen molar-refractivity contribution in [3.63, 3.8) is 0 Å². The number of hydrogen-bond donors (Lipinski definition) is 0. The molecule has 1 amide bonds. The number of rotatable bonds is 5. The SMILES string of the molecule is CCn1cc([C@@H](CC(=O)N2CCC(C)CC2)c2cccc(Cl)c2)c2ccccc21. The third kappa shape index (κ3) is 4.20. The molecular formula is C25H29ClN2O. The van der Waals surface area contributed by atoms with Crippen LogP contribution in [0, 0.1) is 5.92 Å². The summed E-state index contributed by atoms with van der Waals surface area (Å²) in [6, 6.07) is 16.5. The number of likely N-dealkylation sites (tertiary alicyclic amines) is 1. The third-order valence-corrected chi connectivity index (χ3v) is 6.54. The minimum absolute atomic E-state index is 0.00162. The van der Waals surface area contributed by atoms with Crippen molar-refractivity contribution >= 4 is 28.4 Å². The molecule has 0 N–H and O–H groups in total. The Bertz CT molecular complexity index is 1000. The highest BCUT2D eigenvalue weighted by Gasteiger charge is 2.27. The van der Waals surface area contributed by atoms with E-state index in [9.17, 15) is 4.79 Å². The Morgan fingerprint density at radius 1 is 1.14 bits per heavy atom. The van der Waals surface area contributed by atoms with Gasteiger partial charge in [0.05, 0.1) is 0 Å². The fraction of sp³-hybridized carbons (Fsp3) is 0.400. The van der Waals surface area contributed by atoms with Crippen molar-refractivity contribution in [1.29, 1.82) is 0 Å². The Morgan fingerprint density at radius 2 is 1.90 bits per heavy atom. The van der Waals surface area contributed by atoms with Gasteiger partial charge in [0.15, 0.2) is 0 Å². The van der Waals surface area contributed by atoms with Gasteiger partial charge in [-0.2, -0.15) is 0 Å². The number of para-hydroxylation sites is 1.